The number of nitrogens with one attached hydrogen (secondary N) is 2. The van der Waals surface area contributed by atoms with Gasteiger partial charge >= 0.3 is 0 Å². The number of halogens is 3. The van der Waals surface area contributed by atoms with Crippen molar-refractivity contribution >= 4 is 35.6 Å². The molecule has 1 unspecified atom stereocenters. The Labute approximate surface area is 192 Å². The van der Waals surface area contributed by atoms with Gasteiger partial charge in [-0.3, -0.25) is 0 Å². The lowest BCUT2D eigenvalue weighted by molar-refractivity contribution is 0.373. The van der Waals surface area contributed by atoms with Crippen LogP contribution in [0.15, 0.2) is 41.4 Å². The van der Waals surface area contributed by atoms with Gasteiger partial charge in [0, 0.05) is 31.7 Å². The third-order valence-corrected chi connectivity index (χ3v) is 4.79. The van der Waals surface area contributed by atoms with Crippen LogP contribution in [0.4, 0.5) is 14.5 Å². The van der Waals surface area contributed by atoms with E-state index in [-0.39, 0.29) is 35.8 Å². The summed E-state index contributed by atoms with van der Waals surface area (Å²) in [6.07, 6.45) is 0.810. The maximum atomic E-state index is 14.0. The van der Waals surface area contributed by atoms with Crippen LogP contribution in [0.5, 0.6) is 11.5 Å². The number of phenolic OH excluding ortho intramolecular Hbond substituents is 1. The zero-order chi connectivity index (χ0) is 20.8. The van der Waals surface area contributed by atoms with Crippen LogP contribution < -0.4 is 20.3 Å². The summed E-state index contributed by atoms with van der Waals surface area (Å²) in [5.74, 6) is 0.0128. The van der Waals surface area contributed by atoms with Gasteiger partial charge in [-0.05, 0) is 43.2 Å². The third-order valence-electron chi connectivity index (χ3n) is 4.79. The number of hydrogen-bond donors (Lipinski definition) is 3. The minimum Gasteiger partial charge on any atom is -0.504 e. The van der Waals surface area contributed by atoms with E-state index in [0.29, 0.717) is 43.6 Å². The van der Waals surface area contributed by atoms with E-state index < -0.39 is 11.6 Å². The van der Waals surface area contributed by atoms with Gasteiger partial charge in [-0.25, -0.2) is 13.8 Å². The molecule has 1 aliphatic rings. The molecule has 0 bridgehead atoms. The van der Waals surface area contributed by atoms with Crippen molar-refractivity contribution in [1.29, 1.82) is 0 Å². The van der Waals surface area contributed by atoms with Gasteiger partial charge in [0.05, 0.1) is 19.3 Å². The predicted molar refractivity (Wildman–Crippen MR) is 125 cm³/mol. The number of benzene rings is 2. The van der Waals surface area contributed by atoms with Gasteiger partial charge in [-0.1, -0.05) is 6.07 Å². The average Bonchev–Trinajstić information content (AvgIpc) is 3.14. The summed E-state index contributed by atoms with van der Waals surface area (Å²) < 4.78 is 32.2. The molecular formula is C21H27F2IN4O2. The minimum absolute atomic E-state index is 0. The molecule has 1 fully saturated rings. The summed E-state index contributed by atoms with van der Waals surface area (Å²) in [5.41, 5.74) is 1.26. The smallest absolute Gasteiger partial charge is 0.191 e. The van der Waals surface area contributed by atoms with Crippen LogP contribution in [-0.2, 0) is 6.54 Å². The van der Waals surface area contributed by atoms with E-state index in [9.17, 15) is 13.9 Å². The summed E-state index contributed by atoms with van der Waals surface area (Å²) in [4.78, 5) is 6.47. The first-order chi connectivity index (χ1) is 14.0. The first kappa shape index (κ1) is 24.0. The van der Waals surface area contributed by atoms with Crippen molar-refractivity contribution in [3.05, 3.63) is 53.6 Å². The zero-order valence-electron chi connectivity index (χ0n) is 17.0. The second-order valence-corrected chi connectivity index (χ2v) is 6.87. The number of phenols is 1. The predicted octanol–water partition coefficient (Wildman–Crippen LogP) is 3.63. The lowest BCUT2D eigenvalue weighted by Crippen LogP contribution is -2.44. The SMILES string of the molecule is CCNC(=NCc1ccc(OC)c(O)c1)NC1CCN(c2ccc(F)cc2F)C1.I. The maximum absolute atomic E-state index is 14.0. The van der Waals surface area contributed by atoms with Gasteiger partial charge in [0.2, 0.25) is 0 Å². The number of aromatic hydroxyl groups is 1. The monoisotopic (exact) mass is 532 g/mol. The molecule has 0 amide bonds. The number of methoxy groups -OCH3 is 1. The zero-order valence-corrected chi connectivity index (χ0v) is 19.3. The highest BCUT2D eigenvalue weighted by molar-refractivity contribution is 14.0. The fraction of sp³-hybridized carbons (Fsp3) is 0.381. The molecule has 0 spiro atoms. The molecule has 3 N–H and O–H groups in total. The second-order valence-electron chi connectivity index (χ2n) is 6.87. The average molecular weight is 532 g/mol. The topological polar surface area (TPSA) is 69.1 Å². The number of aliphatic imine (C=N–C) groups is 1. The molecule has 1 saturated heterocycles. The molecule has 2 aromatic rings. The normalized spacial score (nSPS) is 16.2. The van der Waals surface area contributed by atoms with Crippen LogP contribution in [0.3, 0.4) is 0 Å². The first-order valence-corrected chi connectivity index (χ1v) is 9.61. The molecule has 3 rings (SSSR count). The van der Waals surface area contributed by atoms with Gasteiger partial charge in [-0.2, -0.15) is 0 Å². The molecule has 1 atom stereocenters. The van der Waals surface area contributed by atoms with Crippen LogP contribution in [0.1, 0.15) is 18.9 Å². The highest BCUT2D eigenvalue weighted by Gasteiger charge is 2.25. The Morgan fingerprint density at radius 3 is 2.73 bits per heavy atom. The summed E-state index contributed by atoms with van der Waals surface area (Å²) in [6.45, 7) is 4.33. The number of anilines is 1. The number of guanidine groups is 1. The van der Waals surface area contributed by atoms with E-state index in [4.69, 9.17) is 4.74 Å². The Balaban J connectivity index is 0.00000320. The van der Waals surface area contributed by atoms with E-state index in [0.717, 1.165) is 18.1 Å². The highest BCUT2D eigenvalue weighted by atomic mass is 127. The molecule has 0 aliphatic carbocycles. The van der Waals surface area contributed by atoms with Crippen molar-refractivity contribution in [1.82, 2.24) is 10.6 Å². The minimum atomic E-state index is -0.578. The lowest BCUT2D eigenvalue weighted by atomic mass is 10.2. The molecule has 1 aliphatic heterocycles. The van der Waals surface area contributed by atoms with E-state index in [1.54, 1.807) is 12.1 Å². The Hall–Kier alpha value is -2.30. The van der Waals surface area contributed by atoms with Crippen LogP contribution >= 0.6 is 24.0 Å². The molecule has 1 heterocycles. The number of nitrogens with zero attached hydrogens (tertiary/aromatic N) is 2. The summed E-state index contributed by atoms with van der Waals surface area (Å²) in [5, 5.41) is 16.5. The molecule has 9 heteroatoms. The van der Waals surface area contributed by atoms with Gasteiger partial charge in [0.25, 0.3) is 0 Å². The molecule has 0 saturated carbocycles. The first-order valence-electron chi connectivity index (χ1n) is 9.61. The Morgan fingerprint density at radius 1 is 1.27 bits per heavy atom. The molecule has 30 heavy (non-hydrogen) atoms. The summed E-state index contributed by atoms with van der Waals surface area (Å²) in [6, 6.07) is 8.91. The van der Waals surface area contributed by atoms with Gasteiger partial charge in [0.15, 0.2) is 17.5 Å². The van der Waals surface area contributed by atoms with Gasteiger partial charge < -0.3 is 25.4 Å². The van der Waals surface area contributed by atoms with E-state index >= 15 is 0 Å². The Bertz CT molecular complexity index is 882. The molecule has 164 valence electrons. The number of rotatable bonds is 6. The second kappa shape index (κ2) is 11.2. The van der Waals surface area contributed by atoms with Crippen molar-refractivity contribution < 1.29 is 18.6 Å². The summed E-state index contributed by atoms with van der Waals surface area (Å²) in [7, 11) is 1.50. The highest BCUT2D eigenvalue weighted by Crippen LogP contribution is 2.27. The summed E-state index contributed by atoms with van der Waals surface area (Å²) >= 11 is 0. The van der Waals surface area contributed by atoms with Crippen molar-refractivity contribution in [3.63, 3.8) is 0 Å². The largest absolute Gasteiger partial charge is 0.504 e. The third kappa shape index (κ3) is 6.10. The fourth-order valence-corrected chi connectivity index (χ4v) is 3.35. The van der Waals surface area contributed by atoms with Crippen LogP contribution in [0, 0.1) is 11.6 Å². The molecule has 0 radical (unpaired) electrons. The van der Waals surface area contributed by atoms with Gasteiger partial charge in [0.1, 0.15) is 11.6 Å². The molecule has 2 aromatic carbocycles. The molecular weight excluding hydrogens is 505 g/mol. The van der Waals surface area contributed by atoms with E-state index in [2.05, 4.69) is 15.6 Å². The Morgan fingerprint density at radius 2 is 2.07 bits per heavy atom. The lowest BCUT2D eigenvalue weighted by Gasteiger charge is -2.21. The van der Waals surface area contributed by atoms with Gasteiger partial charge in [-0.15, -0.1) is 24.0 Å². The van der Waals surface area contributed by atoms with Crippen molar-refractivity contribution in [2.24, 2.45) is 4.99 Å². The quantitative estimate of drug-likeness (QED) is 0.301. The maximum Gasteiger partial charge on any atom is 0.191 e. The number of hydrogen-bond acceptors (Lipinski definition) is 4. The van der Waals surface area contributed by atoms with E-state index in [1.165, 1.54) is 19.2 Å². The van der Waals surface area contributed by atoms with Crippen molar-refractivity contribution in [2.75, 3.05) is 31.6 Å². The molecule has 0 aromatic heterocycles. The van der Waals surface area contributed by atoms with Crippen LogP contribution in [0.25, 0.3) is 0 Å². The van der Waals surface area contributed by atoms with Crippen LogP contribution in [0.2, 0.25) is 0 Å². The number of ether oxygens (including phenoxy) is 1. The van der Waals surface area contributed by atoms with Crippen molar-refractivity contribution in [3.8, 4) is 11.5 Å². The van der Waals surface area contributed by atoms with E-state index in [1.807, 2.05) is 17.9 Å². The molecule has 6 nitrogen and oxygen atoms in total. The Kier molecular flexibility index (Phi) is 8.94. The van der Waals surface area contributed by atoms with Crippen molar-refractivity contribution in [2.45, 2.75) is 25.9 Å². The fourth-order valence-electron chi connectivity index (χ4n) is 3.35. The standard InChI is InChI=1S/C21H26F2N4O2.HI/c1-3-24-21(25-12-14-4-7-20(29-2)19(28)10-14)26-16-8-9-27(13-16)18-6-5-15(22)11-17(18)23;/h4-7,10-11,16,28H,3,8-9,12-13H2,1-2H3,(H2,24,25,26);1H. The van der Waals surface area contributed by atoms with Crippen LogP contribution in [-0.4, -0.2) is 43.9 Å².